The van der Waals surface area contributed by atoms with Crippen LogP contribution in [0.1, 0.15) is 15.9 Å². The number of carbonyl (C=O) groups is 1. The number of anilines is 1. The zero-order valence-electron chi connectivity index (χ0n) is 8.96. The number of rotatable bonds is 2. The van der Waals surface area contributed by atoms with E-state index >= 15 is 0 Å². The van der Waals surface area contributed by atoms with Crippen molar-refractivity contribution in [2.75, 3.05) is 5.32 Å². The largest absolute Gasteiger partial charge is 0.457 e. The molecule has 5 heteroatoms. The summed E-state index contributed by atoms with van der Waals surface area (Å²) < 4.78 is 6.58. The number of benzene rings is 1. The van der Waals surface area contributed by atoms with E-state index in [9.17, 15) is 4.79 Å². The average Bonchev–Trinajstić information content (AvgIpc) is 2.70. The summed E-state index contributed by atoms with van der Waals surface area (Å²) in [6.07, 6.45) is 1.47. The van der Waals surface area contributed by atoms with Crippen molar-refractivity contribution in [1.29, 1.82) is 0 Å². The first kappa shape index (κ1) is 12.6. The summed E-state index contributed by atoms with van der Waals surface area (Å²) in [5.41, 5.74) is 2.45. The Morgan fingerprint density at radius 2 is 2.18 bits per heavy atom. The van der Waals surface area contributed by atoms with Gasteiger partial charge in [-0.25, -0.2) is 0 Å². The van der Waals surface area contributed by atoms with Crippen LogP contribution in [0.5, 0.6) is 0 Å². The second-order valence-electron chi connectivity index (χ2n) is 3.53. The van der Waals surface area contributed by atoms with Gasteiger partial charge < -0.3 is 9.73 Å². The van der Waals surface area contributed by atoms with Gasteiger partial charge >= 0.3 is 0 Å². The van der Waals surface area contributed by atoms with Gasteiger partial charge in [-0.15, -0.1) is 0 Å². The normalized spacial score (nSPS) is 10.3. The molecule has 0 saturated carbocycles. The third-order valence-corrected chi connectivity index (χ3v) is 4.07. The minimum absolute atomic E-state index is 0.190. The van der Waals surface area contributed by atoms with Gasteiger partial charge in [-0.1, -0.05) is 6.07 Å². The summed E-state index contributed by atoms with van der Waals surface area (Å²) in [4.78, 5) is 11.9. The molecule has 0 saturated heterocycles. The highest BCUT2D eigenvalue weighted by atomic mass is 127. The van der Waals surface area contributed by atoms with E-state index in [1.54, 1.807) is 6.07 Å². The van der Waals surface area contributed by atoms with Crippen LogP contribution in [0.15, 0.2) is 39.6 Å². The molecule has 0 atom stereocenters. The lowest BCUT2D eigenvalue weighted by molar-refractivity contribution is 0.102. The van der Waals surface area contributed by atoms with Crippen molar-refractivity contribution in [3.05, 3.63) is 49.9 Å². The van der Waals surface area contributed by atoms with Crippen LogP contribution >= 0.6 is 38.5 Å². The van der Waals surface area contributed by atoms with E-state index in [1.165, 1.54) is 11.8 Å². The van der Waals surface area contributed by atoms with Gasteiger partial charge in [0.1, 0.15) is 0 Å². The molecule has 1 N–H and O–H groups in total. The van der Waals surface area contributed by atoms with E-state index in [4.69, 9.17) is 4.42 Å². The van der Waals surface area contributed by atoms with Crippen LogP contribution in [0.2, 0.25) is 0 Å². The molecular formula is C12H9BrINO2. The van der Waals surface area contributed by atoms with Gasteiger partial charge in [0.25, 0.3) is 5.91 Å². The molecule has 0 bridgehead atoms. The minimum atomic E-state index is -0.190. The van der Waals surface area contributed by atoms with Crippen LogP contribution < -0.4 is 5.32 Å². The highest BCUT2D eigenvalue weighted by molar-refractivity contribution is 14.1. The van der Waals surface area contributed by atoms with E-state index in [2.05, 4.69) is 43.8 Å². The van der Waals surface area contributed by atoms with Gasteiger partial charge in [-0.2, -0.15) is 0 Å². The van der Waals surface area contributed by atoms with Crippen molar-refractivity contribution in [2.45, 2.75) is 6.92 Å². The third-order valence-electron chi connectivity index (χ3n) is 2.29. The third kappa shape index (κ3) is 2.90. The molecule has 0 aliphatic carbocycles. The zero-order chi connectivity index (χ0) is 12.4. The van der Waals surface area contributed by atoms with E-state index in [-0.39, 0.29) is 5.91 Å². The molecule has 0 aliphatic rings. The van der Waals surface area contributed by atoms with Crippen molar-refractivity contribution >= 4 is 50.1 Å². The molecule has 88 valence electrons. The quantitative estimate of drug-likeness (QED) is 0.760. The summed E-state index contributed by atoms with van der Waals surface area (Å²) in [7, 11) is 0. The highest BCUT2D eigenvalue weighted by Crippen LogP contribution is 2.21. The number of hydrogen-bond donors (Lipinski definition) is 1. The summed E-state index contributed by atoms with van der Waals surface area (Å²) in [5.74, 6) is -0.190. The van der Waals surface area contributed by atoms with Crippen molar-refractivity contribution < 1.29 is 9.21 Å². The minimum Gasteiger partial charge on any atom is -0.457 e. The maximum Gasteiger partial charge on any atom is 0.260 e. The molecule has 3 nitrogen and oxygen atoms in total. The summed E-state index contributed by atoms with van der Waals surface area (Å²) in [6.45, 7) is 2.03. The predicted molar refractivity (Wildman–Crippen MR) is 78.3 cm³/mol. The molecule has 0 aliphatic heterocycles. The van der Waals surface area contributed by atoms with Crippen LogP contribution in [0.4, 0.5) is 5.69 Å². The van der Waals surface area contributed by atoms with E-state index < -0.39 is 0 Å². The molecule has 1 amide bonds. The van der Waals surface area contributed by atoms with Gasteiger partial charge in [0, 0.05) is 9.26 Å². The SMILES string of the molecule is Cc1ccc(NC(=O)c2ccoc2Br)cc1I. The van der Waals surface area contributed by atoms with E-state index in [0.717, 1.165) is 9.26 Å². The molecule has 17 heavy (non-hydrogen) atoms. The smallest absolute Gasteiger partial charge is 0.260 e. The van der Waals surface area contributed by atoms with Crippen molar-refractivity contribution in [2.24, 2.45) is 0 Å². The molecule has 2 rings (SSSR count). The Morgan fingerprint density at radius 1 is 1.41 bits per heavy atom. The van der Waals surface area contributed by atoms with E-state index in [1.807, 2.05) is 25.1 Å². The second kappa shape index (κ2) is 5.22. The zero-order valence-corrected chi connectivity index (χ0v) is 12.7. The van der Waals surface area contributed by atoms with Crippen LogP contribution in [0.3, 0.4) is 0 Å². The molecule has 0 fully saturated rings. The van der Waals surface area contributed by atoms with Gasteiger partial charge in [0.15, 0.2) is 4.67 Å². The summed E-state index contributed by atoms with van der Waals surface area (Å²) in [5, 5.41) is 2.82. The van der Waals surface area contributed by atoms with Gasteiger partial charge in [0.2, 0.25) is 0 Å². The number of amides is 1. The Kier molecular flexibility index (Phi) is 3.88. The van der Waals surface area contributed by atoms with E-state index in [0.29, 0.717) is 10.2 Å². The maximum atomic E-state index is 11.9. The van der Waals surface area contributed by atoms with Crippen molar-refractivity contribution in [1.82, 2.24) is 0 Å². The standard InChI is InChI=1S/C12H9BrINO2/c1-7-2-3-8(6-10(7)14)15-12(16)9-4-5-17-11(9)13/h2-6H,1H3,(H,15,16). The molecule has 1 aromatic heterocycles. The van der Waals surface area contributed by atoms with Gasteiger partial charge in [-0.3, -0.25) is 4.79 Å². The Morgan fingerprint density at radius 3 is 2.76 bits per heavy atom. The van der Waals surface area contributed by atoms with Crippen LogP contribution in [0, 0.1) is 10.5 Å². The number of nitrogens with one attached hydrogen (secondary N) is 1. The fourth-order valence-corrected chi connectivity index (χ4v) is 2.26. The molecular weight excluding hydrogens is 397 g/mol. The van der Waals surface area contributed by atoms with Crippen molar-refractivity contribution in [3.63, 3.8) is 0 Å². The summed E-state index contributed by atoms with van der Waals surface area (Å²) in [6, 6.07) is 7.41. The molecule has 0 radical (unpaired) electrons. The summed E-state index contributed by atoms with van der Waals surface area (Å²) >= 11 is 5.42. The average molecular weight is 406 g/mol. The van der Waals surface area contributed by atoms with Gasteiger partial charge in [0.05, 0.1) is 11.8 Å². The topological polar surface area (TPSA) is 42.2 Å². The Hall–Kier alpha value is -0.820. The van der Waals surface area contributed by atoms with Crippen molar-refractivity contribution in [3.8, 4) is 0 Å². The monoisotopic (exact) mass is 405 g/mol. The Labute approximate surface area is 121 Å². The Balaban J connectivity index is 2.19. The molecule has 2 aromatic rings. The fraction of sp³-hybridized carbons (Fsp3) is 0.0833. The molecule has 0 spiro atoms. The number of furan rings is 1. The maximum absolute atomic E-state index is 11.9. The Bertz CT molecular complexity index is 565. The lowest BCUT2D eigenvalue weighted by Crippen LogP contribution is -2.11. The number of hydrogen-bond acceptors (Lipinski definition) is 2. The fourth-order valence-electron chi connectivity index (χ4n) is 1.32. The van der Waals surface area contributed by atoms with Crippen LogP contribution in [-0.4, -0.2) is 5.91 Å². The number of carbonyl (C=O) groups excluding carboxylic acids is 1. The first-order chi connectivity index (χ1) is 8.08. The van der Waals surface area contributed by atoms with Gasteiger partial charge in [-0.05, 0) is 69.2 Å². The van der Waals surface area contributed by atoms with Crippen LogP contribution in [-0.2, 0) is 0 Å². The molecule has 0 unspecified atom stereocenters. The highest BCUT2D eigenvalue weighted by Gasteiger charge is 2.12. The molecule has 1 aromatic carbocycles. The lowest BCUT2D eigenvalue weighted by atomic mass is 10.2. The second-order valence-corrected chi connectivity index (χ2v) is 5.41. The molecule has 1 heterocycles. The number of halogens is 2. The first-order valence-corrected chi connectivity index (χ1v) is 6.75. The predicted octanol–water partition coefficient (Wildman–Crippen LogP) is 4.21. The lowest BCUT2D eigenvalue weighted by Gasteiger charge is -2.06. The first-order valence-electron chi connectivity index (χ1n) is 4.88. The number of aryl methyl sites for hydroxylation is 1. The van der Waals surface area contributed by atoms with Crippen LogP contribution in [0.25, 0.3) is 0 Å².